The minimum Gasteiger partial charge on any atom is -0.306 e. The summed E-state index contributed by atoms with van der Waals surface area (Å²) in [4.78, 5) is 11.4. The van der Waals surface area contributed by atoms with Gasteiger partial charge >= 0.3 is 6.03 Å². The maximum absolute atomic E-state index is 11.4. The second-order valence-corrected chi connectivity index (χ2v) is 7.05. The zero-order chi connectivity index (χ0) is 13.6. The Kier molecular flexibility index (Phi) is 5.34. The molecule has 0 heterocycles. The standard InChI is InChI=1S/C13H20N2O2S/c1-4-5-6-11-7-9-12(10-8-11)14-13(16)15-18(2,3)17/h7-10H,4-6H2,1-3H3,(H,14,16). The third kappa shape index (κ3) is 5.82. The largest absolute Gasteiger partial charge is 0.353 e. The van der Waals surface area contributed by atoms with Gasteiger partial charge in [0.15, 0.2) is 0 Å². The number of anilines is 1. The van der Waals surface area contributed by atoms with Gasteiger partial charge in [0.25, 0.3) is 0 Å². The van der Waals surface area contributed by atoms with Gasteiger partial charge in [0.2, 0.25) is 0 Å². The molecule has 0 spiro atoms. The summed E-state index contributed by atoms with van der Waals surface area (Å²) in [7, 11) is -2.40. The third-order valence-electron chi connectivity index (χ3n) is 2.33. The van der Waals surface area contributed by atoms with Gasteiger partial charge in [-0.2, -0.15) is 0 Å². The van der Waals surface area contributed by atoms with Crippen molar-refractivity contribution in [3.63, 3.8) is 0 Å². The van der Waals surface area contributed by atoms with Gasteiger partial charge in [-0.3, -0.25) is 0 Å². The zero-order valence-corrected chi connectivity index (χ0v) is 11.9. The van der Waals surface area contributed by atoms with E-state index in [9.17, 15) is 9.00 Å². The Bertz CT molecular complexity index is 506. The molecule has 0 aliphatic carbocycles. The first-order valence-corrected chi connectivity index (χ1v) is 8.31. The molecule has 100 valence electrons. The summed E-state index contributed by atoms with van der Waals surface area (Å²) in [6.07, 6.45) is 6.24. The molecule has 0 aliphatic heterocycles. The highest BCUT2D eigenvalue weighted by atomic mass is 32.2. The van der Waals surface area contributed by atoms with E-state index < -0.39 is 15.8 Å². The van der Waals surface area contributed by atoms with E-state index in [-0.39, 0.29) is 0 Å². The molecular formula is C13H20N2O2S. The van der Waals surface area contributed by atoms with Crippen LogP contribution in [0.15, 0.2) is 28.6 Å². The van der Waals surface area contributed by atoms with Crippen LogP contribution < -0.4 is 5.32 Å². The minimum atomic E-state index is -2.40. The van der Waals surface area contributed by atoms with E-state index in [4.69, 9.17) is 0 Å². The molecule has 18 heavy (non-hydrogen) atoms. The predicted molar refractivity (Wildman–Crippen MR) is 76.5 cm³/mol. The van der Waals surface area contributed by atoms with Crippen molar-refractivity contribution in [1.29, 1.82) is 0 Å². The molecule has 0 fully saturated rings. The molecule has 1 rings (SSSR count). The van der Waals surface area contributed by atoms with Gasteiger partial charge in [-0.15, -0.1) is 4.36 Å². The lowest BCUT2D eigenvalue weighted by Gasteiger charge is -2.04. The Hall–Kier alpha value is -1.36. The third-order valence-corrected chi connectivity index (χ3v) is 2.93. The van der Waals surface area contributed by atoms with Crippen LogP contribution in [0.4, 0.5) is 10.5 Å². The quantitative estimate of drug-likeness (QED) is 0.911. The Morgan fingerprint density at radius 3 is 2.39 bits per heavy atom. The van der Waals surface area contributed by atoms with Gasteiger partial charge in [-0.05, 0) is 30.5 Å². The summed E-state index contributed by atoms with van der Waals surface area (Å²) in [6.45, 7) is 2.16. The second kappa shape index (κ2) is 6.54. The average molecular weight is 268 g/mol. The fourth-order valence-corrected chi connectivity index (χ4v) is 1.93. The van der Waals surface area contributed by atoms with Crippen molar-refractivity contribution in [3.8, 4) is 0 Å². The summed E-state index contributed by atoms with van der Waals surface area (Å²) < 4.78 is 14.9. The molecule has 0 aliphatic rings. The van der Waals surface area contributed by atoms with E-state index in [1.807, 2.05) is 24.3 Å². The molecule has 1 aromatic rings. The molecule has 2 amide bonds. The number of nitrogens with zero attached hydrogens (tertiary/aromatic N) is 1. The van der Waals surface area contributed by atoms with Crippen LogP contribution in [0.25, 0.3) is 0 Å². The maximum Gasteiger partial charge on any atom is 0.353 e. The van der Waals surface area contributed by atoms with Crippen LogP contribution in [0.5, 0.6) is 0 Å². The smallest absolute Gasteiger partial charge is 0.306 e. The summed E-state index contributed by atoms with van der Waals surface area (Å²) in [5, 5.41) is 2.60. The fraction of sp³-hybridized carbons (Fsp3) is 0.462. The van der Waals surface area contributed by atoms with Crippen LogP contribution in [-0.4, -0.2) is 22.8 Å². The van der Waals surface area contributed by atoms with E-state index in [1.54, 1.807) is 0 Å². The van der Waals surface area contributed by atoms with Gasteiger partial charge in [-0.25, -0.2) is 9.00 Å². The van der Waals surface area contributed by atoms with Crippen molar-refractivity contribution < 1.29 is 9.00 Å². The lowest BCUT2D eigenvalue weighted by atomic mass is 10.1. The molecule has 0 unspecified atom stereocenters. The first-order valence-electron chi connectivity index (χ1n) is 5.98. The normalized spacial score (nSPS) is 11.1. The van der Waals surface area contributed by atoms with Gasteiger partial charge in [0, 0.05) is 18.2 Å². The second-order valence-electron chi connectivity index (χ2n) is 4.50. The number of hydrogen-bond acceptors (Lipinski definition) is 2. The molecule has 0 radical (unpaired) electrons. The zero-order valence-electron chi connectivity index (χ0n) is 11.1. The van der Waals surface area contributed by atoms with Crippen molar-refractivity contribution in [2.24, 2.45) is 4.36 Å². The number of rotatable bonds is 4. The van der Waals surface area contributed by atoms with E-state index in [0.29, 0.717) is 5.69 Å². The van der Waals surface area contributed by atoms with Crippen LogP contribution in [0, 0.1) is 0 Å². The molecular weight excluding hydrogens is 248 g/mol. The van der Waals surface area contributed by atoms with Crippen molar-refractivity contribution >= 4 is 21.4 Å². The monoisotopic (exact) mass is 268 g/mol. The molecule has 1 N–H and O–H groups in total. The van der Waals surface area contributed by atoms with E-state index in [0.717, 1.165) is 12.8 Å². The maximum atomic E-state index is 11.4. The Balaban J connectivity index is 2.64. The topological polar surface area (TPSA) is 58.5 Å². The molecule has 4 nitrogen and oxygen atoms in total. The van der Waals surface area contributed by atoms with Crippen molar-refractivity contribution in [1.82, 2.24) is 0 Å². The van der Waals surface area contributed by atoms with E-state index in [1.165, 1.54) is 24.5 Å². The lowest BCUT2D eigenvalue weighted by Crippen LogP contribution is -2.09. The molecule has 0 atom stereocenters. The average Bonchev–Trinajstić information content (AvgIpc) is 2.25. The summed E-state index contributed by atoms with van der Waals surface area (Å²) in [5.41, 5.74) is 1.93. The number of nitrogens with one attached hydrogen (secondary N) is 1. The number of carbonyl (C=O) groups excluding carboxylic acids is 1. The van der Waals surface area contributed by atoms with Crippen LogP contribution in [0.1, 0.15) is 25.3 Å². The lowest BCUT2D eigenvalue weighted by molar-refractivity contribution is 0.260. The molecule has 5 heteroatoms. The Labute approximate surface area is 109 Å². The highest BCUT2D eigenvalue weighted by Gasteiger charge is 2.02. The summed E-state index contributed by atoms with van der Waals surface area (Å²) >= 11 is 0. The van der Waals surface area contributed by atoms with Crippen LogP contribution in [-0.2, 0) is 16.1 Å². The number of urea groups is 1. The molecule has 0 saturated carbocycles. The fourth-order valence-electron chi connectivity index (χ4n) is 1.48. The van der Waals surface area contributed by atoms with Crippen LogP contribution in [0.2, 0.25) is 0 Å². The van der Waals surface area contributed by atoms with Crippen LogP contribution >= 0.6 is 0 Å². The van der Waals surface area contributed by atoms with Gasteiger partial charge < -0.3 is 5.32 Å². The Morgan fingerprint density at radius 2 is 1.89 bits per heavy atom. The van der Waals surface area contributed by atoms with Crippen molar-refractivity contribution in [2.75, 3.05) is 17.8 Å². The van der Waals surface area contributed by atoms with Crippen LogP contribution in [0.3, 0.4) is 0 Å². The SMILES string of the molecule is CCCCc1ccc(NC(=O)N=S(C)(C)=O)cc1. The minimum absolute atomic E-state index is 0.564. The van der Waals surface area contributed by atoms with Gasteiger partial charge in [0.05, 0.1) is 9.73 Å². The number of amides is 2. The number of carbonyl (C=O) groups is 1. The predicted octanol–water partition coefficient (Wildman–Crippen LogP) is 3.29. The van der Waals surface area contributed by atoms with Crippen molar-refractivity contribution in [3.05, 3.63) is 29.8 Å². The van der Waals surface area contributed by atoms with E-state index >= 15 is 0 Å². The molecule has 0 aromatic heterocycles. The van der Waals surface area contributed by atoms with Gasteiger partial charge in [0.1, 0.15) is 0 Å². The molecule has 0 saturated heterocycles. The van der Waals surface area contributed by atoms with Crippen molar-refractivity contribution in [2.45, 2.75) is 26.2 Å². The summed E-state index contributed by atoms with van der Waals surface area (Å²) in [5.74, 6) is 0. The highest BCUT2D eigenvalue weighted by molar-refractivity contribution is 7.92. The number of unbranched alkanes of at least 4 members (excludes halogenated alkanes) is 1. The number of hydrogen-bond donors (Lipinski definition) is 1. The summed E-state index contributed by atoms with van der Waals surface area (Å²) in [6, 6.07) is 7.09. The first-order chi connectivity index (χ1) is 8.40. The number of aryl methyl sites for hydroxylation is 1. The Morgan fingerprint density at radius 1 is 1.28 bits per heavy atom. The van der Waals surface area contributed by atoms with Gasteiger partial charge in [-0.1, -0.05) is 25.5 Å². The molecule has 0 bridgehead atoms. The first kappa shape index (κ1) is 14.7. The van der Waals surface area contributed by atoms with E-state index in [2.05, 4.69) is 16.6 Å². The number of benzene rings is 1. The molecule has 1 aromatic carbocycles. The highest BCUT2D eigenvalue weighted by Crippen LogP contribution is 2.12.